The molecular formula is C13H19ClFNO. The van der Waals surface area contributed by atoms with E-state index in [1.165, 1.54) is 6.07 Å². The quantitative estimate of drug-likeness (QED) is 0.851. The van der Waals surface area contributed by atoms with E-state index in [0.29, 0.717) is 6.42 Å². The van der Waals surface area contributed by atoms with Crippen LogP contribution in [0.15, 0.2) is 18.2 Å². The van der Waals surface area contributed by atoms with Gasteiger partial charge in [-0.2, -0.15) is 0 Å². The Bertz CT molecular complexity index is 370. The number of aliphatic hydroxyl groups is 1. The van der Waals surface area contributed by atoms with Crippen LogP contribution in [0.5, 0.6) is 0 Å². The van der Waals surface area contributed by atoms with Crippen molar-refractivity contribution in [1.29, 1.82) is 0 Å². The lowest BCUT2D eigenvalue weighted by Gasteiger charge is -2.21. The summed E-state index contributed by atoms with van der Waals surface area (Å²) in [6.07, 6.45) is 0.326. The first-order chi connectivity index (χ1) is 7.90. The fourth-order valence-electron chi connectivity index (χ4n) is 1.88. The van der Waals surface area contributed by atoms with Gasteiger partial charge < -0.3 is 10.4 Å². The van der Waals surface area contributed by atoms with Crippen LogP contribution < -0.4 is 5.32 Å². The summed E-state index contributed by atoms with van der Waals surface area (Å²) in [5.74, 6) is -0.402. The summed E-state index contributed by atoms with van der Waals surface area (Å²) in [6, 6.07) is 5.00. The van der Waals surface area contributed by atoms with E-state index in [9.17, 15) is 9.50 Å². The van der Waals surface area contributed by atoms with Crippen LogP contribution in [0.2, 0.25) is 5.02 Å². The summed E-state index contributed by atoms with van der Waals surface area (Å²) in [6.45, 7) is 5.71. The van der Waals surface area contributed by atoms with E-state index in [0.717, 1.165) is 5.56 Å². The number of benzene rings is 1. The molecule has 1 aromatic carbocycles. The fraction of sp³-hybridized carbons (Fsp3) is 0.538. The second-order valence-corrected chi connectivity index (χ2v) is 4.95. The summed E-state index contributed by atoms with van der Waals surface area (Å²) >= 11 is 5.63. The Kier molecular flexibility index (Phi) is 5.37. The van der Waals surface area contributed by atoms with Crippen molar-refractivity contribution in [2.45, 2.75) is 45.4 Å². The third-order valence-corrected chi connectivity index (χ3v) is 2.98. The Balaban J connectivity index is 2.63. The molecule has 0 bridgehead atoms. The van der Waals surface area contributed by atoms with Crippen molar-refractivity contribution in [1.82, 2.24) is 5.32 Å². The Labute approximate surface area is 107 Å². The molecule has 0 fully saturated rings. The van der Waals surface area contributed by atoms with Gasteiger partial charge in [0.15, 0.2) is 0 Å². The molecule has 0 amide bonds. The molecule has 1 aromatic rings. The van der Waals surface area contributed by atoms with E-state index in [1.807, 2.05) is 13.8 Å². The zero-order valence-electron chi connectivity index (χ0n) is 10.4. The molecule has 4 heteroatoms. The molecule has 0 saturated heterocycles. The highest BCUT2D eigenvalue weighted by molar-refractivity contribution is 6.30. The minimum Gasteiger partial charge on any atom is -0.393 e. The highest BCUT2D eigenvalue weighted by Gasteiger charge is 2.12. The van der Waals surface area contributed by atoms with Gasteiger partial charge in [-0.25, -0.2) is 4.39 Å². The topological polar surface area (TPSA) is 32.3 Å². The largest absolute Gasteiger partial charge is 0.393 e. The Morgan fingerprint density at radius 2 is 2.00 bits per heavy atom. The standard InChI is InChI=1S/C13H19ClFNO/c1-8(6-9(2)17)16-10(3)11-4-5-12(14)13(15)7-11/h4-5,7-10,16-17H,6H2,1-3H3. The third kappa shape index (κ3) is 4.62. The summed E-state index contributed by atoms with van der Waals surface area (Å²) in [7, 11) is 0. The zero-order valence-corrected chi connectivity index (χ0v) is 11.1. The van der Waals surface area contributed by atoms with Crippen molar-refractivity contribution in [3.05, 3.63) is 34.6 Å². The maximum atomic E-state index is 13.3. The number of nitrogens with one attached hydrogen (secondary N) is 1. The van der Waals surface area contributed by atoms with Gasteiger partial charge in [0.25, 0.3) is 0 Å². The molecule has 0 aromatic heterocycles. The molecule has 0 heterocycles. The number of rotatable bonds is 5. The Morgan fingerprint density at radius 3 is 2.53 bits per heavy atom. The van der Waals surface area contributed by atoms with Crippen LogP contribution in [0.4, 0.5) is 4.39 Å². The van der Waals surface area contributed by atoms with Crippen molar-refractivity contribution in [3.63, 3.8) is 0 Å². The van der Waals surface area contributed by atoms with Gasteiger partial charge in [0.1, 0.15) is 5.82 Å². The van der Waals surface area contributed by atoms with Crippen molar-refractivity contribution in [3.8, 4) is 0 Å². The Hall–Kier alpha value is -0.640. The molecule has 0 radical (unpaired) electrons. The normalized spacial score (nSPS) is 16.6. The molecule has 0 spiro atoms. The highest BCUT2D eigenvalue weighted by Crippen LogP contribution is 2.20. The first-order valence-electron chi connectivity index (χ1n) is 5.79. The molecule has 1 rings (SSSR count). The third-order valence-electron chi connectivity index (χ3n) is 2.67. The minimum atomic E-state index is -0.402. The van der Waals surface area contributed by atoms with Crippen molar-refractivity contribution in [2.24, 2.45) is 0 Å². The lowest BCUT2D eigenvalue weighted by Crippen LogP contribution is -2.31. The molecule has 2 nitrogen and oxygen atoms in total. The summed E-state index contributed by atoms with van der Waals surface area (Å²) in [5.41, 5.74) is 0.851. The molecule has 17 heavy (non-hydrogen) atoms. The van der Waals surface area contributed by atoms with E-state index in [1.54, 1.807) is 19.1 Å². The average Bonchev–Trinajstić information content (AvgIpc) is 2.20. The number of aliphatic hydroxyl groups excluding tert-OH is 1. The predicted molar refractivity (Wildman–Crippen MR) is 68.7 cm³/mol. The summed E-state index contributed by atoms with van der Waals surface area (Å²) < 4.78 is 13.3. The van der Waals surface area contributed by atoms with Gasteiger partial charge in [0.2, 0.25) is 0 Å². The zero-order chi connectivity index (χ0) is 13.0. The first kappa shape index (κ1) is 14.4. The summed E-state index contributed by atoms with van der Waals surface area (Å²) in [5, 5.41) is 12.7. The van der Waals surface area contributed by atoms with Gasteiger partial charge in [-0.05, 0) is 44.9 Å². The smallest absolute Gasteiger partial charge is 0.142 e. The maximum absolute atomic E-state index is 13.3. The molecule has 96 valence electrons. The second kappa shape index (κ2) is 6.34. The lowest BCUT2D eigenvalue weighted by atomic mass is 10.1. The van der Waals surface area contributed by atoms with E-state index >= 15 is 0 Å². The van der Waals surface area contributed by atoms with Crippen LogP contribution >= 0.6 is 11.6 Å². The van der Waals surface area contributed by atoms with Crippen LogP contribution in [0.25, 0.3) is 0 Å². The van der Waals surface area contributed by atoms with Gasteiger partial charge in [0, 0.05) is 12.1 Å². The number of hydrogen-bond acceptors (Lipinski definition) is 2. The maximum Gasteiger partial charge on any atom is 0.142 e. The molecule has 0 saturated carbocycles. The lowest BCUT2D eigenvalue weighted by molar-refractivity contribution is 0.168. The van der Waals surface area contributed by atoms with E-state index in [-0.39, 0.29) is 23.2 Å². The van der Waals surface area contributed by atoms with Crippen LogP contribution in [0.1, 0.15) is 38.8 Å². The predicted octanol–water partition coefficient (Wildman–Crippen LogP) is 3.29. The SMILES string of the molecule is CC(O)CC(C)NC(C)c1ccc(Cl)c(F)c1. The van der Waals surface area contributed by atoms with Gasteiger partial charge in [-0.3, -0.25) is 0 Å². The van der Waals surface area contributed by atoms with Crippen LogP contribution in [0.3, 0.4) is 0 Å². The van der Waals surface area contributed by atoms with Gasteiger partial charge in [-0.1, -0.05) is 17.7 Å². The van der Waals surface area contributed by atoms with E-state index in [4.69, 9.17) is 11.6 Å². The first-order valence-corrected chi connectivity index (χ1v) is 6.17. The molecule has 0 aliphatic rings. The Morgan fingerprint density at radius 1 is 1.35 bits per heavy atom. The van der Waals surface area contributed by atoms with Gasteiger partial charge in [0.05, 0.1) is 11.1 Å². The monoisotopic (exact) mass is 259 g/mol. The molecular weight excluding hydrogens is 241 g/mol. The molecule has 0 aliphatic heterocycles. The number of hydrogen-bond donors (Lipinski definition) is 2. The highest BCUT2D eigenvalue weighted by atomic mass is 35.5. The van der Waals surface area contributed by atoms with E-state index in [2.05, 4.69) is 5.32 Å². The van der Waals surface area contributed by atoms with Crippen molar-refractivity contribution in [2.75, 3.05) is 0 Å². The number of halogens is 2. The van der Waals surface area contributed by atoms with E-state index < -0.39 is 5.82 Å². The van der Waals surface area contributed by atoms with Gasteiger partial charge >= 0.3 is 0 Å². The van der Waals surface area contributed by atoms with Crippen LogP contribution in [0, 0.1) is 5.82 Å². The molecule has 0 aliphatic carbocycles. The average molecular weight is 260 g/mol. The molecule has 3 atom stereocenters. The van der Waals surface area contributed by atoms with Crippen LogP contribution in [-0.4, -0.2) is 17.3 Å². The minimum absolute atomic E-state index is 0.0236. The summed E-state index contributed by atoms with van der Waals surface area (Å²) in [4.78, 5) is 0. The van der Waals surface area contributed by atoms with Crippen LogP contribution in [-0.2, 0) is 0 Å². The van der Waals surface area contributed by atoms with Gasteiger partial charge in [-0.15, -0.1) is 0 Å². The molecule has 2 N–H and O–H groups in total. The second-order valence-electron chi connectivity index (χ2n) is 4.55. The fourth-order valence-corrected chi connectivity index (χ4v) is 2.00. The van der Waals surface area contributed by atoms with Crippen molar-refractivity contribution < 1.29 is 9.50 Å². The molecule has 3 unspecified atom stereocenters. The van der Waals surface area contributed by atoms with Crippen molar-refractivity contribution >= 4 is 11.6 Å².